The molecule has 1 amide bonds. The van der Waals surface area contributed by atoms with E-state index in [1.807, 2.05) is 72.8 Å². The van der Waals surface area contributed by atoms with Crippen molar-refractivity contribution in [3.05, 3.63) is 108 Å². The Kier molecular flexibility index (Phi) is 7.86. The molecule has 0 aliphatic carbocycles. The van der Waals surface area contributed by atoms with Crippen LogP contribution in [0.25, 0.3) is 10.4 Å². The number of thiophene rings is 1. The Bertz CT molecular complexity index is 1310. The lowest BCUT2D eigenvalue weighted by Gasteiger charge is -2.26. The molecular weight excluding hydrogens is 470 g/mol. The number of amides is 1. The molecular formula is C30H29NO4S. The predicted molar refractivity (Wildman–Crippen MR) is 145 cm³/mol. The van der Waals surface area contributed by atoms with Gasteiger partial charge >= 0.3 is 5.97 Å². The fourth-order valence-corrected chi connectivity index (χ4v) is 4.96. The van der Waals surface area contributed by atoms with E-state index in [-0.39, 0.29) is 24.5 Å². The molecule has 0 atom stereocenters. The first-order chi connectivity index (χ1) is 17.4. The van der Waals surface area contributed by atoms with Crippen molar-refractivity contribution in [3.63, 3.8) is 0 Å². The molecule has 0 aliphatic rings. The second kappa shape index (κ2) is 11.2. The van der Waals surface area contributed by atoms with Crippen LogP contribution in [0.15, 0.2) is 91.0 Å². The Morgan fingerprint density at radius 3 is 2.11 bits per heavy atom. The Morgan fingerprint density at radius 1 is 0.861 bits per heavy atom. The van der Waals surface area contributed by atoms with E-state index in [0.717, 1.165) is 16.0 Å². The number of carbonyl (C=O) groups is 2. The van der Waals surface area contributed by atoms with Gasteiger partial charge in [-0.25, -0.2) is 4.79 Å². The van der Waals surface area contributed by atoms with Gasteiger partial charge in [0, 0.05) is 10.3 Å². The van der Waals surface area contributed by atoms with Gasteiger partial charge in [-0.3, -0.25) is 4.79 Å². The maximum Gasteiger partial charge on any atom is 0.341 e. The molecule has 3 aromatic carbocycles. The summed E-state index contributed by atoms with van der Waals surface area (Å²) in [6.45, 7) is 6.18. The first-order valence-corrected chi connectivity index (χ1v) is 12.6. The van der Waals surface area contributed by atoms with Crippen molar-refractivity contribution < 1.29 is 19.1 Å². The van der Waals surface area contributed by atoms with Crippen LogP contribution in [0.5, 0.6) is 5.75 Å². The summed E-state index contributed by atoms with van der Waals surface area (Å²) in [5.41, 5.74) is 3.51. The molecule has 1 N–H and O–H groups in total. The van der Waals surface area contributed by atoms with Gasteiger partial charge in [-0.05, 0) is 41.8 Å². The van der Waals surface area contributed by atoms with Crippen LogP contribution in [0.1, 0.15) is 42.3 Å². The standard InChI is InChI=1S/C30H29NO4S/c1-4-34-29(33)25-19-26(21-11-7-5-8-12-21)36-28(25)31-27(32)20-35-24-17-15-23(16-18-24)30(2,3)22-13-9-6-10-14-22/h5-19H,4,20H2,1-3H3,(H,31,32). The Hall–Kier alpha value is -3.90. The van der Waals surface area contributed by atoms with E-state index >= 15 is 0 Å². The normalized spacial score (nSPS) is 11.1. The van der Waals surface area contributed by atoms with Gasteiger partial charge in [-0.15, -0.1) is 11.3 Å². The lowest BCUT2D eigenvalue weighted by atomic mass is 9.78. The van der Waals surface area contributed by atoms with Gasteiger partial charge in [0.05, 0.1) is 12.2 Å². The third kappa shape index (κ3) is 5.83. The number of benzene rings is 3. The number of esters is 1. The van der Waals surface area contributed by atoms with E-state index in [1.54, 1.807) is 13.0 Å². The van der Waals surface area contributed by atoms with Crippen molar-refractivity contribution in [1.82, 2.24) is 0 Å². The maximum atomic E-state index is 12.7. The van der Waals surface area contributed by atoms with Crippen LogP contribution in [0.2, 0.25) is 0 Å². The molecule has 1 heterocycles. The first kappa shape index (κ1) is 25.2. The predicted octanol–water partition coefficient (Wildman–Crippen LogP) is 6.94. The van der Waals surface area contributed by atoms with Gasteiger partial charge in [0.15, 0.2) is 6.61 Å². The highest BCUT2D eigenvalue weighted by atomic mass is 32.1. The van der Waals surface area contributed by atoms with Crippen molar-refractivity contribution in [2.75, 3.05) is 18.5 Å². The van der Waals surface area contributed by atoms with E-state index in [1.165, 1.54) is 16.9 Å². The molecule has 36 heavy (non-hydrogen) atoms. The molecule has 0 radical (unpaired) electrons. The average Bonchev–Trinajstić information content (AvgIpc) is 3.33. The van der Waals surface area contributed by atoms with E-state index in [4.69, 9.17) is 9.47 Å². The van der Waals surface area contributed by atoms with Crippen LogP contribution in [0.3, 0.4) is 0 Å². The molecule has 0 fully saturated rings. The van der Waals surface area contributed by atoms with Gasteiger partial charge in [0.1, 0.15) is 10.8 Å². The first-order valence-electron chi connectivity index (χ1n) is 11.8. The molecule has 4 rings (SSSR count). The van der Waals surface area contributed by atoms with E-state index in [9.17, 15) is 9.59 Å². The molecule has 0 unspecified atom stereocenters. The number of rotatable bonds is 9. The lowest BCUT2D eigenvalue weighted by Crippen LogP contribution is -2.21. The smallest absolute Gasteiger partial charge is 0.341 e. The lowest BCUT2D eigenvalue weighted by molar-refractivity contribution is -0.118. The average molecular weight is 500 g/mol. The van der Waals surface area contributed by atoms with Gasteiger partial charge in [-0.2, -0.15) is 0 Å². The fourth-order valence-electron chi connectivity index (χ4n) is 3.89. The van der Waals surface area contributed by atoms with Crippen molar-refractivity contribution in [1.29, 1.82) is 0 Å². The summed E-state index contributed by atoms with van der Waals surface area (Å²) in [5.74, 6) is -0.223. The zero-order valence-electron chi connectivity index (χ0n) is 20.6. The Morgan fingerprint density at radius 2 is 1.47 bits per heavy atom. The summed E-state index contributed by atoms with van der Waals surface area (Å²) in [5, 5.41) is 3.27. The third-order valence-corrected chi connectivity index (χ3v) is 7.08. The SMILES string of the molecule is CCOC(=O)c1cc(-c2ccccc2)sc1NC(=O)COc1ccc(C(C)(C)c2ccccc2)cc1. The minimum Gasteiger partial charge on any atom is -0.484 e. The summed E-state index contributed by atoms with van der Waals surface area (Å²) in [6.07, 6.45) is 0. The summed E-state index contributed by atoms with van der Waals surface area (Å²) in [6, 6.07) is 29.6. The molecule has 0 saturated carbocycles. The van der Waals surface area contributed by atoms with Gasteiger partial charge in [0.2, 0.25) is 0 Å². The molecule has 5 nitrogen and oxygen atoms in total. The molecule has 184 valence electrons. The zero-order valence-corrected chi connectivity index (χ0v) is 21.4. The highest BCUT2D eigenvalue weighted by Gasteiger charge is 2.23. The van der Waals surface area contributed by atoms with Gasteiger partial charge < -0.3 is 14.8 Å². The van der Waals surface area contributed by atoms with Crippen molar-refractivity contribution in [3.8, 4) is 16.2 Å². The highest BCUT2D eigenvalue weighted by molar-refractivity contribution is 7.20. The van der Waals surface area contributed by atoms with Gasteiger partial charge in [-0.1, -0.05) is 86.6 Å². The van der Waals surface area contributed by atoms with E-state index in [0.29, 0.717) is 16.3 Å². The summed E-state index contributed by atoms with van der Waals surface area (Å²) in [4.78, 5) is 26.0. The Labute approximate surface area is 215 Å². The summed E-state index contributed by atoms with van der Waals surface area (Å²) in [7, 11) is 0. The minimum absolute atomic E-state index is 0.156. The number of carbonyl (C=O) groups excluding carboxylic acids is 2. The van der Waals surface area contributed by atoms with Crippen LogP contribution >= 0.6 is 11.3 Å². The van der Waals surface area contributed by atoms with Gasteiger partial charge in [0.25, 0.3) is 5.91 Å². The number of anilines is 1. The molecule has 0 aliphatic heterocycles. The molecule has 0 spiro atoms. The number of nitrogens with one attached hydrogen (secondary N) is 1. The molecule has 1 aromatic heterocycles. The summed E-state index contributed by atoms with van der Waals surface area (Å²) < 4.78 is 10.9. The highest BCUT2D eigenvalue weighted by Crippen LogP contribution is 2.36. The quantitative estimate of drug-likeness (QED) is 0.254. The fraction of sp³-hybridized carbons (Fsp3) is 0.200. The van der Waals surface area contributed by atoms with Crippen molar-refractivity contribution in [2.45, 2.75) is 26.2 Å². The Balaban J connectivity index is 1.43. The second-order valence-electron chi connectivity index (χ2n) is 8.79. The zero-order chi connectivity index (χ0) is 25.5. The second-order valence-corrected chi connectivity index (χ2v) is 9.84. The molecule has 0 saturated heterocycles. The van der Waals surface area contributed by atoms with Crippen LogP contribution in [-0.4, -0.2) is 25.1 Å². The maximum absolute atomic E-state index is 12.7. The monoisotopic (exact) mass is 499 g/mol. The van der Waals surface area contributed by atoms with Crippen LogP contribution in [-0.2, 0) is 14.9 Å². The van der Waals surface area contributed by atoms with Crippen molar-refractivity contribution in [2.24, 2.45) is 0 Å². The number of hydrogen-bond donors (Lipinski definition) is 1. The molecule has 0 bridgehead atoms. The topological polar surface area (TPSA) is 64.6 Å². The minimum atomic E-state index is -0.469. The van der Waals surface area contributed by atoms with Crippen LogP contribution in [0.4, 0.5) is 5.00 Å². The largest absolute Gasteiger partial charge is 0.484 e. The van der Waals surface area contributed by atoms with Crippen molar-refractivity contribution >= 4 is 28.2 Å². The van der Waals surface area contributed by atoms with E-state index in [2.05, 4.69) is 31.3 Å². The summed E-state index contributed by atoms with van der Waals surface area (Å²) >= 11 is 1.33. The third-order valence-electron chi connectivity index (χ3n) is 5.98. The van der Waals surface area contributed by atoms with Crippen LogP contribution < -0.4 is 10.1 Å². The van der Waals surface area contributed by atoms with E-state index < -0.39 is 5.97 Å². The van der Waals surface area contributed by atoms with Crippen LogP contribution in [0, 0.1) is 0 Å². The molecule has 4 aromatic rings. The molecule has 6 heteroatoms. The number of ether oxygens (including phenoxy) is 2. The number of hydrogen-bond acceptors (Lipinski definition) is 5.